The molecular formula is C13H28N2O2S. The molecule has 1 rings (SSSR count). The Bertz CT molecular complexity index is 309. The minimum Gasteiger partial charge on any atom is -0.313 e. The number of sulfonamides is 1. The Morgan fingerprint density at radius 3 is 2.39 bits per heavy atom. The van der Waals surface area contributed by atoms with Gasteiger partial charge in [-0.05, 0) is 12.3 Å². The molecule has 1 saturated carbocycles. The minimum atomic E-state index is -3.09. The average Bonchev–Trinajstić information content (AvgIpc) is 2.29. The Balaban J connectivity index is 2.12. The first-order valence-corrected chi connectivity index (χ1v) is 8.85. The summed E-state index contributed by atoms with van der Waals surface area (Å²) >= 11 is 0. The molecular weight excluding hydrogens is 248 g/mol. The van der Waals surface area contributed by atoms with Crippen LogP contribution in [-0.2, 0) is 10.0 Å². The Morgan fingerprint density at radius 1 is 1.11 bits per heavy atom. The van der Waals surface area contributed by atoms with E-state index in [2.05, 4.69) is 10.0 Å². The molecule has 0 unspecified atom stereocenters. The van der Waals surface area contributed by atoms with Crippen molar-refractivity contribution < 1.29 is 8.42 Å². The second kappa shape index (κ2) is 8.12. The van der Waals surface area contributed by atoms with Crippen molar-refractivity contribution in [1.82, 2.24) is 10.0 Å². The van der Waals surface area contributed by atoms with Gasteiger partial charge in [0.05, 0.1) is 5.75 Å². The molecule has 0 heterocycles. The second-order valence-electron chi connectivity index (χ2n) is 5.61. The highest BCUT2D eigenvalue weighted by Gasteiger charge is 2.15. The van der Waals surface area contributed by atoms with Gasteiger partial charge in [0.2, 0.25) is 10.0 Å². The van der Waals surface area contributed by atoms with Crippen LogP contribution in [0.4, 0.5) is 0 Å². The topological polar surface area (TPSA) is 58.2 Å². The highest BCUT2D eigenvalue weighted by Crippen LogP contribution is 2.25. The fraction of sp³-hybridized carbons (Fsp3) is 1.00. The van der Waals surface area contributed by atoms with Gasteiger partial charge in [-0.3, -0.25) is 0 Å². The lowest BCUT2D eigenvalue weighted by atomic mass is 9.87. The van der Waals surface area contributed by atoms with Gasteiger partial charge in [0.1, 0.15) is 0 Å². The van der Waals surface area contributed by atoms with Crippen LogP contribution in [0.15, 0.2) is 0 Å². The lowest BCUT2D eigenvalue weighted by molar-refractivity contribution is 0.339. The van der Waals surface area contributed by atoms with E-state index in [1.165, 1.54) is 32.1 Å². The predicted molar refractivity (Wildman–Crippen MR) is 76.1 cm³/mol. The summed E-state index contributed by atoms with van der Waals surface area (Å²) in [4.78, 5) is 0. The van der Waals surface area contributed by atoms with Crippen LogP contribution >= 0.6 is 0 Å². The van der Waals surface area contributed by atoms with E-state index in [0.717, 1.165) is 12.3 Å². The molecule has 0 bridgehead atoms. The van der Waals surface area contributed by atoms with Crippen molar-refractivity contribution in [2.75, 3.05) is 18.8 Å². The van der Waals surface area contributed by atoms with E-state index >= 15 is 0 Å². The first-order valence-electron chi connectivity index (χ1n) is 7.20. The summed E-state index contributed by atoms with van der Waals surface area (Å²) in [6, 6.07) is 0.336. The quantitative estimate of drug-likeness (QED) is 0.711. The SMILES string of the molecule is CC(C)NCCS(=O)(=O)NCCC1CCCCC1. The van der Waals surface area contributed by atoms with Crippen molar-refractivity contribution in [2.24, 2.45) is 5.92 Å². The smallest absolute Gasteiger partial charge is 0.212 e. The summed E-state index contributed by atoms with van der Waals surface area (Å²) in [6.07, 6.45) is 7.53. The molecule has 1 aliphatic rings. The van der Waals surface area contributed by atoms with E-state index in [4.69, 9.17) is 0 Å². The molecule has 18 heavy (non-hydrogen) atoms. The molecule has 1 aliphatic carbocycles. The first kappa shape index (κ1) is 15.9. The molecule has 0 aromatic heterocycles. The van der Waals surface area contributed by atoms with Crippen molar-refractivity contribution in [3.8, 4) is 0 Å². The Kier molecular flexibility index (Phi) is 7.19. The van der Waals surface area contributed by atoms with E-state index < -0.39 is 10.0 Å². The zero-order valence-corrected chi connectivity index (χ0v) is 12.6. The molecule has 0 aliphatic heterocycles. The van der Waals surface area contributed by atoms with Crippen molar-refractivity contribution in [1.29, 1.82) is 0 Å². The molecule has 0 atom stereocenters. The van der Waals surface area contributed by atoms with Gasteiger partial charge in [-0.25, -0.2) is 13.1 Å². The van der Waals surface area contributed by atoms with E-state index in [1.807, 2.05) is 13.8 Å². The van der Waals surface area contributed by atoms with Gasteiger partial charge in [0.25, 0.3) is 0 Å². The lowest BCUT2D eigenvalue weighted by Crippen LogP contribution is -2.35. The normalized spacial score (nSPS) is 18.4. The van der Waals surface area contributed by atoms with E-state index in [-0.39, 0.29) is 5.75 Å². The molecule has 0 aromatic carbocycles. The summed E-state index contributed by atoms with van der Waals surface area (Å²) in [5.74, 6) is 0.908. The van der Waals surface area contributed by atoms with Crippen molar-refractivity contribution in [2.45, 2.75) is 58.4 Å². The Hall–Kier alpha value is -0.130. The first-order chi connectivity index (χ1) is 8.49. The van der Waals surface area contributed by atoms with Gasteiger partial charge < -0.3 is 5.32 Å². The summed E-state index contributed by atoms with van der Waals surface area (Å²) in [7, 11) is -3.09. The maximum absolute atomic E-state index is 11.7. The molecule has 0 saturated heterocycles. The van der Waals surface area contributed by atoms with Crippen LogP contribution in [0.1, 0.15) is 52.4 Å². The lowest BCUT2D eigenvalue weighted by Gasteiger charge is -2.21. The van der Waals surface area contributed by atoms with Crippen molar-refractivity contribution in [3.05, 3.63) is 0 Å². The Morgan fingerprint density at radius 2 is 1.78 bits per heavy atom. The van der Waals surface area contributed by atoms with Crippen molar-refractivity contribution >= 4 is 10.0 Å². The zero-order valence-electron chi connectivity index (χ0n) is 11.7. The third-order valence-electron chi connectivity index (χ3n) is 3.52. The average molecular weight is 276 g/mol. The molecule has 5 heteroatoms. The fourth-order valence-corrected chi connectivity index (χ4v) is 3.41. The minimum absolute atomic E-state index is 0.176. The van der Waals surface area contributed by atoms with Gasteiger partial charge in [0, 0.05) is 19.1 Å². The van der Waals surface area contributed by atoms with E-state index in [1.54, 1.807) is 0 Å². The molecule has 0 aromatic rings. The predicted octanol–water partition coefficient (Wildman–Crippen LogP) is 1.87. The molecule has 108 valence electrons. The zero-order chi connectivity index (χ0) is 13.4. The molecule has 2 N–H and O–H groups in total. The van der Waals surface area contributed by atoms with Crippen LogP contribution < -0.4 is 10.0 Å². The standard InChI is InChI=1S/C13H28N2O2S/c1-12(2)14-10-11-18(16,17)15-9-8-13-6-4-3-5-7-13/h12-15H,3-11H2,1-2H3. The maximum atomic E-state index is 11.7. The van der Waals surface area contributed by atoms with Gasteiger partial charge in [-0.2, -0.15) is 0 Å². The van der Waals surface area contributed by atoms with Gasteiger partial charge in [-0.1, -0.05) is 46.0 Å². The van der Waals surface area contributed by atoms with Crippen LogP contribution in [0.3, 0.4) is 0 Å². The summed E-state index contributed by atoms with van der Waals surface area (Å²) in [5.41, 5.74) is 0. The van der Waals surface area contributed by atoms with E-state index in [0.29, 0.717) is 19.1 Å². The highest BCUT2D eigenvalue weighted by molar-refractivity contribution is 7.89. The third kappa shape index (κ3) is 7.34. The molecule has 0 radical (unpaired) electrons. The van der Waals surface area contributed by atoms with Gasteiger partial charge >= 0.3 is 0 Å². The second-order valence-corrected chi connectivity index (χ2v) is 7.54. The monoisotopic (exact) mass is 276 g/mol. The molecule has 0 spiro atoms. The number of rotatable bonds is 8. The van der Waals surface area contributed by atoms with Crippen LogP contribution in [-0.4, -0.2) is 33.3 Å². The molecule has 1 fully saturated rings. The largest absolute Gasteiger partial charge is 0.313 e. The van der Waals surface area contributed by atoms with Crippen molar-refractivity contribution in [3.63, 3.8) is 0 Å². The number of hydrogen-bond donors (Lipinski definition) is 2. The fourth-order valence-electron chi connectivity index (χ4n) is 2.45. The summed E-state index contributed by atoms with van der Waals surface area (Å²) < 4.78 is 26.1. The molecule has 4 nitrogen and oxygen atoms in total. The third-order valence-corrected chi connectivity index (χ3v) is 4.91. The van der Waals surface area contributed by atoms with Crippen LogP contribution in [0.2, 0.25) is 0 Å². The highest BCUT2D eigenvalue weighted by atomic mass is 32.2. The van der Waals surface area contributed by atoms with E-state index in [9.17, 15) is 8.42 Å². The van der Waals surface area contributed by atoms with Crippen LogP contribution in [0.5, 0.6) is 0 Å². The molecule has 0 amide bonds. The van der Waals surface area contributed by atoms with Crippen LogP contribution in [0.25, 0.3) is 0 Å². The number of hydrogen-bond acceptors (Lipinski definition) is 3. The summed E-state index contributed by atoms with van der Waals surface area (Å²) in [6.45, 7) is 5.16. The van der Waals surface area contributed by atoms with Gasteiger partial charge in [-0.15, -0.1) is 0 Å². The maximum Gasteiger partial charge on any atom is 0.212 e. The Labute approximate surface area is 112 Å². The van der Waals surface area contributed by atoms with Gasteiger partial charge in [0.15, 0.2) is 0 Å². The van der Waals surface area contributed by atoms with Crippen LogP contribution in [0, 0.1) is 5.92 Å². The number of nitrogens with one attached hydrogen (secondary N) is 2. The summed E-state index contributed by atoms with van der Waals surface area (Å²) in [5, 5.41) is 3.12.